The molecule has 7 aliphatic rings. The molecule has 8 nitrogen and oxygen atoms in total. The van der Waals surface area contributed by atoms with E-state index in [9.17, 15) is 18.3 Å². The highest BCUT2D eigenvalue weighted by Crippen LogP contribution is 2.76. The standard InChI is InChI=1S/C46H68BrN3O5S/c1-41(2)34(32-10-18-45(19-11-32,40(51)52)22-28-55-39-31-33(47)14-23-48-39)12-16-42(3)37(41)13-17-44(5)38(42)9-8-35-36-7-6-15-46(36,21-20-43(35,44)4)49-24-25-50-26-29-56(53,54)30-27-50/h10,12,14,23,31,35-38,49H,6-9,11,13,15-22,24-30H2,1-5H3,(H,51,52)/t35-,36-,37?,38?,42+,43-,44-,45?,46+/m1/s1. The Morgan fingerprint density at radius 1 is 0.946 bits per heavy atom. The minimum absolute atomic E-state index is 0.0340. The number of aliphatic carboxylic acids is 1. The normalized spacial score (nSPS) is 41.6. The molecular formula is C46H68BrN3O5S. The number of carbonyl (C=O) groups is 1. The van der Waals surface area contributed by atoms with Crippen molar-refractivity contribution in [3.63, 3.8) is 0 Å². The monoisotopic (exact) mass is 853 g/mol. The third-order valence-corrected chi connectivity index (χ3v) is 20.3. The summed E-state index contributed by atoms with van der Waals surface area (Å²) in [5, 5.41) is 14.7. The van der Waals surface area contributed by atoms with Crippen LogP contribution in [-0.4, -0.2) is 79.2 Å². The van der Waals surface area contributed by atoms with Crippen molar-refractivity contribution in [2.24, 2.45) is 50.7 Å². The molecule has 9 atom stereocenters. The van der Waals surface area contributed by atoms with Gasteiger partial charge in [0.1, 0.15) is 0 Å². The maximum atomic E-state index is 12.8. The average Bonchev–Trinajstić information content (AvgIpc) is 3.57. The zero-order valence-corrected chi connectivity index (χ0v) is 37.2. The first-order chi connectivity index (χ1) is 26.5. The molecular weight excluding hydrogens is 786 g/mol. The predicted molar refractivity (Wildman–Crippen MR) is 226 cm³/mol. The average molecular weight is 855 g/mol. The van der Waals surface area contributed by atoms with Crippen molar-refractivity contribution in [1.29, 1.82) is 0 Å². The van der Waals surface area contributed by atoms with Crippen LogP contribution < -0.4 is 10.1 Å². The van der Waals surface area contributed by atoms with Crippen molar-refractivity contribution in [2.45, 2.75) is 130 Å². The lowest BCUT2D eigenvalue weighted by molar-refractivity contribution is -0.218. The number of carboxylic acids is 1. The quantitative estimate of drug-likeness (QED) is 0.240. The van der Waals surface area contributed by atoms with Gasteiger partial charge in [-0.25, -0.2) is 13.4 Å². The molecule has 1 aliphatic heterocycles. The Kier molecular flexibility index (Phi) is 10.8. The van der Waals surface area contributed by atoms with Gasteiger partial charge in [-0.15, -0.1) is 0 Å². The van der Waals surface area contributed by atoms with Crippen LogP contribution in [0.2, 0.25) is 0 Å². The number of rotatable bonds is 10. The second-order valence-electron chi connectivity index (χ2n) is 20.7. The Labute approximate surface area is 345 Å². The van der Waals surface area contributed by atoms with E-state index in [2.05, 4.69) is 77.9 Å². The number of halogens is 1. The van der Waals surface area contributed by atoms with Crippen LogP contribution in [-0.2, 0) is 14.6 Å². The van der Waals surface area contributed by atoms with E-state index in [-0.39, 0.29) is 16.4 Å². The molecule has 5 fully saturated rings. The van der Waals surface area contributed by atoms with Gasteiger partial charge >= 0.3 is 5.97 Å². The Morgan fingerprint density at radius 2 is 1.73 bits per heavy atom. The van der Waals surface area contributed by atoms with Crippen LogP contribution in [0, 0.1) is 50.7 Å². The minimum Gasteiger partial charge on any atom is -0.481 e. The number of fused-ring (bicyclic) bond motifs is 7. The minimum atomic E-state index is -2.85. The molecule has 2 heterocycles. The van der Waals surface area contributed by atoms with E-state index in [4.69, 9.17) is 4.74 Å². The van der Waals surface area contributed by atoms with Crippen molar-refractivity contribution in [3.8, 4) is 5.88 Å². The number of ether oxygens (including phenoxy) is 1. The SMILES string of the molecule is CC1(C)C(C2=CCC(CCOc3cc(Br)ccn3)(C(=O)O)CC2)=CC[C@@]2(C)C1CC[C@]1(C)C2CC[C@@H]2[C@H]3CCC[C@]3(NCCN3CCS(=O)(=O)CC3)CC[C@]21C. The summed E-state index contributed by atoms with van der Waals surface area (Å²) in [6.07, 6.45) is 22.0. The number of hydrogen-bond donors (Lipinski definition) is 2. The van der Waals surface area contributed by atoms with Gasteiger partial charge in [-0.1, -0.05) is 69.1 Å². The fraction of sp³-hybridized carbons (Fsp3) is 0.783. The summed E-state index contributed by atoms with van der Waals surface area (Å²) >= 11 is 3.47. The molecule has 310 valence electrons. The van der Waals surface area contributed by atoms with Crippen molar-refractivity contribution >= 4 is 31.7 Å². The topological polar surface area (TPSA) is 109 Å². The van der Waals surface area contributed by atoms with E-state index in [1.54, 1.807) is 6.20 Å². The van der Waals surface area contributed by atoms with Crippen LogP contribution in [0.25, 0.3) is 0 Å². The van der Waals surface area contributed by atoms with Crippen molar-refractivity contribution in [2.75, 3.05) is 44.3 Å². The second-order valence-corrected chi connectivity index (χ2v) is 23.9. The van der Waals surface area contributed by atoms with Crippen LogP contribution in [0.3, 0.4) is 0 Å². The van der Waals surface area contributed by atoms with Gasteiger partial charge in [-0.2, -0.15) is 0 Å². The summed E-state index contributed by atoms with van der Waals surface area (Å²) in [5.41, 5.74) is 3.24. The molecule has 2 N–H and O–H groups in total. The third-order valence-electron chi connectivity index (χ3n) is 18.2. The number of hydrogen-bond acceptors (Lipinski definition) is 7. The molecule has 0 radical (unpaired) electrons. The number of nitrogens with one attached hydrogen (secondary N) is 1. The van der Waals surface area contributed by atoms with Crippen LogP contribution >= 0.6 is 15.9 Å². The number of nitrogens with zero attached hydrogens (tertiary/aromatic N) is 2. The molecule has 6 aliphatic carbocycles. The molecule has 3 unspecified atom stereocenters. The van der Waals surface area contributed by atoms with Crippen molar-refractivity contribution < 1.29 is 23.1 Å². The van der Waals surface area contributed by atoms with E-state index in [0.717, 1.165) is 42.2 Å². The second kappa shape index (κ2) is 14.8. The molecule has 0 spiro atoms. The maximum Gasteiger partial charge on any atom is 0.310 e. The van der Waals surface area contributed by atoms with Gasteiger partial charge in [0.25, 0.3) is 0 Å². The Balaban J connectivity index is 0.958. The highest BCUT2D eigenvalue weighted by Gasteiger charge is 2.69. The molecule has 0 aromatic carbocycles. The van der Waals surface area contributed by atoms with E-state index >= 15 is 0 Å². The molecule has 0 amide bonds. The molecule has 1 aromatic heterocycles. The van der Waals surface area contributed by atoms with Gasteiger partial charge in [0.2, 0.25) is 5.88 Å². The molecule has 8 rings (SSSR count). The lowest BCUT2D eigenvalue weighted by Gasteiger charge is -2.72. The van der Waals surface area contributed by atoms with E-state index in [0.29, 0.717) is 79.0 Å². The summed E-state index contributed by atoms with van der Waals surface area (Å²) in [6.45, 7) is 16.8. The van der Waals surface area contributed by atoms with Gasteiger partial charge in [-0.3, -0.25) is 4.79 Å². The van der Waals surface area contributed by atoms with Gasteiger partial charge in [0.05, 0.1) is 23.5 Å². The van der Waals surface area contributed by atoms with Crippen molar-refractivity contribution in [1.82, 2.24) is 15.2 Å². The summed E-state index contributed by atoms with van der Waals surface area (Å²) in [7, 11) is -2.85. The Bertz CT molecular complexity index is 1850. The highest BCUT2D eigenvalue weighted by atomic mass is 79.9. The van der Waals surface area contributed by atoms with Crippen LogP contribution in [0.5, 0.6) is 5.88 Å². The highest BCUT2D eigenvalue weighted by molar-refractivity contribution is 9.10. The first-order valence-electron chi connectivity index (χ1n) is 22.0. The van der Waals surface area contributed by atoms with E-state index in [1.165, 1.54) is 68.9 Å². The lowest BCUT2D eigenvalue weighted by atomic mass is 9.33. The molecule has 1 aromatic rings. The fourth-order valence-corrected chi connectivity index (χ4v) is 16.5. The van der Waals surface area contributed by atoms with Crippen LogP contribution in [0.4, 0.5) is 0 Å². The van der Waals surface area contributed by atoms with Crippen molar-refractivity contribution in [3.05, 3.63) is 46.1 Å². The summed E-state index contributed by atoms with van der Waals surface area (Å²) < 4.78 is 30.8. The van der Waals surface area contributed by atoms with E-state index < -0.39 is 21.2 Å². The van der Waals surface area contributed by atoms with Crippen LogP contribution in [0.15, 0.2) is 46.1 Å². The lowest BCUT2D eigenvalue weighted by Crippen LogP contribution is -2.67. The zero-order valence-electron chi connectivity index (χ0n) is 34.8. The summed E-state index contributed by atoms with van der Waals surface area (Å²) in [4.78, 5) is 19.4. The molecule has 0 bridgehead atoms. The number of carboxylic acid groups (broad SMARTS) is 1. The van der Waals surface area contributed by atoms with E-state index in [1.807, 2.05) is 12.1 Å². The Hall–Kier alpha value is -1.75. The smallest absolute Gasteiger partial charge is 0.310 e. The third kappa shape index (κ3) is 6.78. The first kappa shape index (κ1) is 41.0. The number of allylic oxidation sites excluding steroid dienone is 4. The number of sulfone groups is 1. The summed E-state index contributed by atoms with van der Waals surface area (Å²) in [6, 6.07) is 3.68. The van der Waals surface area contributed by atoms with Gasteiger partial charge in [0.15, 0.2) is 9.84 Å². The molecule has 1 saturated heterocycles. The predicted octanol–water partition coefficient (Wildman–Crippen LogP) is 9.26. The van der Waals surface area contributed by atoms with Gasteiger partial charge < -0.3 is 20.1 Å². The first-order valence-corrected chi connectivity index (χ1v) is 24.6. The largest absolute Gasteiger partial charge is 0.481 e. The molecule has 4 saturated carbocycles. The number of aromatic nitrogens is 1. The van der Waals surface area contributed by atoms with Gasteiger partial charge in [-0.05, 0) is 146 Å². The van der Waals surface area contributed by atoms with Crippen LogP contribution in [0.1, 0.15) is 125 Å². The molecule has 10 heteroatoms. The zero-order chi connectivity index (χ0) is 39.8. The molecule has 56 heavy (non-hydrogen) atoms. The number of pyridine rings is 1. The van der Waals surface area contributed by atoms with Gasteiger partial charge in [0, 0.05) is 48.5 Å². The summed E-state index contributed by atoms with van der Waals surface area (Å²) in [5.74, 6) is 3.21. The maximum absolute atomic E-state index is 12.8. The fourth-order valence-electron chi connectivity index (χ4n) is 15.0. The Morgan fingerprint density at radius 3 is 2.45 bits per heavy atom.